The summed E-state index contributed by atoms with van der Waals surface area (Å²) >= 11 is 3.36. The van der Waals surface area contributed by atoms with Gasteiger partial charge in [-0.25, -0.2) is 9.48 Å². The van der Waals surface area contributed by atoms with E-state index in [1.54, 1.807) is 25.1 Å². The molecular formula is C13H11BrN4O2. The van der Waals surface area contributed by atoms with Gasteiger partial charge in [0.05, 0.1) is 35.8 Å². The van der Waals surface area contributed by atoms with Crippen LogP contribution in [0.5, 0.6) is 0 Å². The van der Waals surface area contributed by atoms with Gasteiger partial charge in [0.1, 0.15) is 0 Å². The summed E-state index contributed by atoms with van der Waals surface area (Å²) in [4.78, 5) is 11.7. The molecule has 1 aromatic heterocycles. The molecule has 0 radical (unpaired) electrons. The number of carbonyl (C=O) groups is 1. The number of nitrogens with zero attached hydrogens (tertiary/aromatic N) is 3. The van der Waals surface area contributed by atoms with Crippen molar-refractivity contribution in [3.05, 3.63) is 40.1 Å². The second-order valence-corrected chi connectivity index (χ2v) is 4.73. The minimum absolute atomic E-state index is 0.0723. The number of nitriles is 1. The number of halogens is 1. The van der Waals surface area contributed by atoms with Crippen LogP contribution in [0.25, 0.3) is 5.69 Å². The lowest BCUT2D eigenvalue weighted by molar-refractivity contribution is 0.0520. The van der Waals surface area contributed by atoms with E-state index in [0.717, 1.165) is 0 Å². The fraction of sp³-hybridized carbons (Fsp3) is 0.154. The zero-order valence-corrected chi connectivity index (χ0v) is 12.2. The molecule has 7 heteroatoms. The fourth-order valence-electron chi connectivity index (χ4n) is 1.63. The van der Waals surface area contributed by atoms with Gasteiger partial charge in [-0.1, -0.05) is 0 Å². The van der Waals surface area contributed by atoms with E-state index in [2.05, 4.69) is 21.0 Å². The van der Waals surface area contributed by atoms with Gasteiger partial charge in [0.2, 0.25) is 0 Å². The monoisotopic (exact) mass is 334 g/mol. The average Bonchev–Trinajstić information content (AvgIpc) is 2.80. The zero-order valence-electron chi connectivity index (χ0n) is 10.6. The van der Waals surface area contributed by atoms with Crippen LogP contribution in [0.3, 0.4) is 0 Å². The van der Waals surface area contributed by atoms with Crippen molar-refractivity contribution in [2.75, 3.05) is 12.3 Å². The summed E-state index contributed by atoms with van der Waals surface area (Å²) in [7, 11) is 0. The number of carbonyl (C=O) groups excluding carboxylic acids is 1. The topological polar surface area (TPSA) is 93.9 Å². The third kappa shape index (κ3) is 2.65. The van der Waals surface area contributed by atoms with E-state index in [9.17, 15) is 4.79 Å². The molecule has 0 aliphatic heterocycles. The highest BCUT2D eigenvalue weighted by Gasteiger charge is 2.17. The molecule has 0 saturated carbocycles. The third-order valence-corrected chi connectivity index (χ3v) is 3.17. The Morgan fingerprint density at radius 1 is 1.60 bits per heavy atom. The van der Waals surface area contributed by atoms with Crippen LogP contribution in [-0.2, 0) is 4.74 Å². The molecule has 1 heterocycles. The molecule has 0 saturated heterocycles. The second kappa shape index (κ2) is 5.75. The van der Waals surface area contributed by atoms with E-state index in [1.165, 1.54) is 10.9 Å². The van der Waals surface area contributed by atoms with Crippen molar-refractivity contribution < 1.29 is 9.53 Å². The summed E-state index contributed by atoms with van der Waals surface area (Å²) < 4.78 is 7.02. The number of esters is 1. The van der Waals surface area contributed by atoms with E-state index >= 15 is 0 Å². The highest BCUT2D eigenvalue weighted by Crippen LogP contribution is 2.24. The normalized spacial score (nSPS) is 10.1. The molecule has 0 atom stereocenters. The number of nitrogens with two attached hydrogens (primary N) is 1. The molecule has 0 aliphatic carbocycles. The SMILES string of the molecule is CCOC(=O)c1nn(-c2ccc(C#N)cc2Br)cc1N. The van der Waals surface area contributed by atoms with E-state index in [0.29, 0.717) is 15.7 Å². The first kappa shape index (κ1) is 14.1. The summed E-state index contributed by atoms with van der Waals surface area (Å²) in [6, 6.07) is 7.07. The predicted octanol–water partition coefficient (Wildman–Crippen LogP) is 2.27. The smallest absolute Gasteiger partial charge is 0.361 e. The maximum Gasteiger partial charge on any atom is 0.361 e. The molecule has 0 aliphatic rings. The molecule has 102 valence electrons. The Hall–Kier alpha value is -2.33. The van der Waals surface area contributed by atoms with Crippen LogP contribution < -0.4 is 5.73 Å². The van der Waals surface area contributed by atoms with Crippen molar-refractivity contribution in [1.82, 2.24) is 9.78 Å². The molecule has 0 bridgehead atoms. The lowest BCUT2D eigenvalue weighted by Gasteiger charge is -2.04. The Labute approximate surface area is 123 Å². The van der Waals surface area contributed by atoms with Crippen LogP contribution in [0.1, 0.15) is 23.0 Å². The zero-order chi connectivity index (χ0) is 14.7. The molecule has 0 fully saturated rings. The summed E-state index contributed by atoms with van der Waals surface area (Å²) in [6.07, 6.45) is 1.53. The molecule has 20 heavy (non-hydrogen) atoms. The maximum atomic E-state index is 11.7. The Morgan fingerprint density at radius 3 is 2.95 bits per heavy atom. The standard InChI is InChI=1S/C13H11BrN4O2/c1-2-20-13(19)12-10(16)7-18(17-12)11-4-3-8(6-15)5-9(11)14/h3-5,7H,2,16H2,1H3. The first-order chi connectivity index (χ1) is 9.56. The van der Waals surface area contributed by atoms with Crippen LogP contribution in [0.2, 0.25) is 0 Å². The van der Waals surface area contributed by atoms with Gasteiger partial charge in [0, 0.05) is 4.47 Å². The van der Waals surface area contributed by atoms with Crippen LogP contribution >= 0.6 is 15.9 Å². The first-order valence-electron chi connectivity index (χ1n) is 5.79. The van der Waals surface area contributed by atoms with E-state index < -0.39 is 5.97 Å². The van der Waals surface area contributed by atoms with Crippen molar-refractivity contribution in [3.8, 4) is 11.8 Å². The van der Waals surface area contributed by atoms with Gasteiger partial charge < -0.3 is 10.5 Å². The fourth-order valence-corrected chi connectivity index (χ4v) is 2.19. The van der Waals surface area contributed by atoms with Crippen LogP contribution in [0, 0.1) is 11.3 Å². The Balaban J connectivity index is 2.42. The van der Waals surface area contributed by atoms with E-state index in [-0.39, 0.29) is 18.0 Å². The summed E-state index contributed by atoms with van der Waals surface area (Å²) in [5.41, 5.74) is 7.26. The number of ether oxygens (including phenoxy) is 1. The number of hydrogen-bond acceptors (Lipinski definition) is 5. The molecule has 6 nitrogen and oxygen atoms in total. The molecular weight excluding hydrogens is 324 g/mol. The minimum Gasteiger partial charge on any atom is -0.461 e. The van der Waals surface area contributed by atoms with Crippen molar-refractivity contribution >= 4 is 27.6 Å². The van der Waals surface area contributed by atoms with Gasteiger partial charge in [0.15, 0.2) is 5.69 Å². The Kier molecular flexibility index (Phi) is 4.05. The van der Waals surface area contributed by atoms with Gasteiger partial charge in [-0.2, -0.15) is 10.4 Å². The Morgan fingerprint density at radius 2 is 2.35 bits per heavy atom. The van der Waals surface area contributed by atoms with Crippen molar-refractivity contribution in [2.24, 2.45) is 0 Å². The maximum absolute atomic E-state index is 11.7. The summed E-state index contributed by atoms with van der Waals surface area (Å²) in [5.74, 6) is -0.562. The molecule has 2 rings (SSSR count). The van der Waals surface area contributed by atoms with Crippen molar-refractivity contribution in [3.63, 3.8) is 0 Å². The molecule has 0 unspecified atom stereocenters. The van der Waals surface area contributed by atoms with E-state index in [1.807, 2.05) is 6.07 Å². The number of aromatic nitrogens is 2. The number of hydrogen-bond donors (Lipinski definition) is 1. The largest absolute Gasteiger partial charge is 0.461 e. The van der Waals surface area contributed by atoms with Gasteiger partial charge in [-0.3, -0.25) is 0 Å². The minimum atomic E-state index is -0.562. The number of nitrogen functional groups attached to an aromatic ring is 1. The van der Waals surface area contributed by atoms with E-state index in [4.69, 9.17) is 15.7 Å². The summed E-state index contributed by atoms with van der Waals surface area (Å²) in [6.45, 7) is 1.97. The molecule has 2 N–H and O–H groups in total. The van der Waals surface area contributed by atoms with Crippen LogP contribution in [-0.4, -0.2) is 22.4 Å². The van der Waals surface area contributed by atoms with Gasteiger partial charge >= 0.3 is 5.97 Å². The molecule has 0 amide bonds. The van der Waals surface area contributed by atoms with Crippen LogP contribution in [0.15, 0.2) is 28.9 Å². The Bertz CT molecular complexity index is 703. The highest BCUT2D eigenvalue weighted by atomic mass is 79.9. The van der Waals surface area contributed by atoms with Gasteiger partial charge in [0.25, 0.3) is 0 Å². The second-order valence-electron chi connectivity index (χ2n) is 3.88. The lowest BCUT2D eigenvalue weighted by atomic mass is 10.2. The third-order valence-electron chi connectivity index (χ3n) is 2.53. The first-order valence-corrected chi connectivity index (χ1v) is 6.58. The van der Waals surface area contributed by atoms with Gasteiger partial charge in [-0.15, -0.1) is 0 Å². The van der Waals surface area contributed by atoms with Crippen LogP contribution in [0.4, 0.5) is 5.69 Å². The predicted molar refractivity (Wildman–Crippen MR) is 76.3 cm³/mol. The molecule has 2 aromatic rings. The number of rotatable bonds is 3. The lowest BCUT2D eigenvalue weighted by Crippen LogP contribution is -2.08. The molecule has 1 aromatic carbocycles. The quantitative estimate of drug-likeness (QED) is 0.869. The highest BCUT2D eigenvalue weighted by molar-refractivity contribution is 9.10. The number of benzene rings is 1. The summed E-state index contributed by atoms with van der Waals surface area (Å²) in [5, 5.41) is 12.9. The number of anilines is 1. The van der Waals surface area contributed by atoms with Crippen molar-refractivity contribution in [2.45, 2.75) is 6.92 Å². The average molecular weight is 335 g/mol. The molecule has 0 spiro atoms. The van der Waals surface area contributed by atoms with Gasteiger partial charge in [-0.05, 0) is 41.1 Å². The van der Waals surface area contributed by atoms with Crippen molar-refractivity contribution in [1.29, 1.82) is 5.26 Å².